The minimum atomic E-state index is -0.851. The number of hydrogen-bond donors (Lipinski definition) is 3. The van der Waals surface area contributed by atoms with Crippen LogP contribution in [-0.4, -0.2) is 28.6 Å². The Labute approximate surface area is 116 Å². The lowest BCUT2D eigenvalue weighted by atomic mass is 10.1. The average molecular weight is 285 g/mol. The van der Waals surface area contributed by atoms with Crippen molar-refractivity contribution < 1.29 is 14.7 Å². The number of rotatable bonds is 7. The lowest BCUT2D eigenvalue weighted by molar-refractivity contribution is -0.141. The third-order valence-corrected chi connectivity index (χ3v) is 3.64. The number of nitrogens with zero attached hydrogens (tertiary/aromatic N) is 1. The van der Waals surface area contributed by atoms with Gasteiger partial charge in [0.2, 0.25) is 0 Å². The number of carboxylic acids is 1. The van der Waals surface area contributed by atoms with E-state index in [-0.39, 0.29) is 12.1 Å². The number of carbonyl (C=O) groups excluding carboxylic acids is 1. The SMILES string of the molecule is CCC(NC(=O)NCCC(C)C(=O)O)c1nccs1. The lowest BCUT2D eigenvalue weighted by Crippen LogP contribution is -2.38. The van der Waals surface area contributed by atoms with Gasteiger partial charge in [0.25, 0.3) is 0 Å². The Morgan fingerprint density at radius 3 is 2.79 bits per heavy atom. The molecule has 0 fully saturated rings. The molecule has 3 N–H and O–H groups in total. The Hall–Kier alpha value is -1.63. The van der Waals surface area contributed by atoms with Gasteiger partial charge in [-0.05, 0) is 12.8 Å². The van der Waals surface area contributed by atoms with E-state index in [1.807, 2.05) is 12.3 Å². The van der Waals surface area contributed by atoms with Gasteiger partial charge in [-0.25, -0.2) is 9.78 Å². The third kappa shape index (κ3) is 5.25. The zero-order valence-corrected chi connectivity index (χ0v) is 11.9. The quantitative estimate of drug-likeness (QED) is 0.714. The third-order valence-electron chi connectivity index (χ3n) is 2.75. The van der Waals surface area contributed by atoms with E-state index in [1.165, 1.54) is 11.3 Å². The van der Waals surface area contributed by atoms with Crippen molar-refractivity contribution in [1.82, 2.24) is 15.6 Å². The smallest absolute Gasteiger partial charge is 0.315 e. The minimum Gasteiger partial charge on any atom is -0.481 e. The normalized spacial score (nSPS) is 13.6. The van der Waals surface area contributed by atoms with Crippen LogP contribution in [-0.2, 0) is 4.79 Å². The summed E-state index contributed by atoms with van der Waals surface area (Å²) in [5, 5.41) is 16.9. The highest BCUT2D eigenvalue weighted by atomic mass is 32.1. The van der Waals surface area contributed by atoms with Crippen molar-refractivity contribution in [2.45, 2.75) is 32.7 Å². The van der Waals surface area contributed by atoms with Gasteiger partial charge in [0, 0.05) is 18.1 Å². The van der Waals surface area contributed by atoms with Gasteiger partial charge in [0.15, 0.2) is 0 Å². The van der Waals surface area contributed by atoms with Gasteiger partial charge in [-0.2, -0.15) is 0 Å². The molecule has 0 aliphatic heterocycles. The zero-order valence-electron chi connectivity index (χ0n) is 11.0. The minimum absolute atomic E-state index is 0.100. The standard InChI is InChI=1S/C12H19N3O3S/c1-3-9(10-13-6-7-19-10)15-12(18)14-5-4-8(2)11(16)17/h6-9H,3-5H2,1-2H3,(H,16,17)(H2,14,15,18). The van der Waals surface area contributed by atoms with E-state index in [0.717, 1.165) is 11.4 Å². The van der Waals surface area contributed by atoms with Gasteiger partial charge >= 0.3 is 12.0 Å². The fraction of sp³-hybridized carbons (Fsp3) is 0.583. The molecule has 0 saturated carbocycles. The van der Waals surface area contributed by atoms with E-state index in [1.54, 1.807) is 13.1 Å². The molecule has 0 saturated heterocycles. The van der Waals surface area contributed by atoms with Crippen molar-refractivity contribution in [1.29, 1.82) is 0 Å². The van der Waals surface area contributed by atoms with Gasteiger partial charge in [-0.3, -0.25) is 4.79 Å². The van der Waals surface area contributed by atoms with Gasteiger partial charge < -0.3 is 15.7 Å². The second-order valence-corrected chi connectivity index (χ2v) is 5.19. The highest BCUT2D eigenvalue weighted by molar-refractivity contribution is 7.09. The number of carboxylic acid groups (broad SMARTS) is 1. The van der Waals surface area contributed by atoms with E-state index in [0.29, 0.717) is 13.0 Å². The van der Waals surface area contributed by atoms with Crippen LogP contribution < -0.4 is 10.6 Å². The van der Waals surface area contributed by atoms with Crippen LogP contribution in [0.1, 0.15) is 37.7 Å². The van der Waals surface area contributed by atoms with Crippen LogP contribution >= 0.6 is 11.3 Å². The summed E-state index contributed by atoms with van der Waals surface area (Å²) in [6, 6.07) is -0.392. The number of thiazole rings is 1. The molecule has 2 unspecified atom stereocenters. The summed E-state index contributed by atoms with van der Waals surface area (Å²) in [4.78, 5) is 26.5. The van der Waals surface area contributed by atoms with Gasteiger partial charge in [0.05, 0.1) is 12.0 Å². The fourth-order valence-corrected chi connectivity index (χ4v) is 2.25. The molecule has 0 aliphatic carbocycles. The molecule has 1 heterocycles. The molecule has 2 amide bonds. The summed E-state index contributed by atoms with van der Waals surface area (Å²) in [7, 11) is 0. The molecule has 7 heteroatoms. The van der Waals surface area contributed by atoms with E-state index >= 15 is 0 Å². The van der Waals surface area contributed by atoms with Crippen LogP contribution in [0.2, 0.25) is 0 Å². The maximum atomic E-state index is 11.7. The molecule has 0 aliphatic rings. The van der Waals surface area contributed by atoms with Crippen LogP contribution in [0.5, 0.6) is 0 Å². The van der Waals surface area contributed by atoms with Gasteiger partial charge in [-0.15, -0.1) is 11.3 Å². The summed E-state index contributed by atoms with van der Waals surface area (Å²) >= 11 is 1.50. The first-order chi connectivity index (χ1) is 9.04. The number of hydrogen-bond acceptors (Lipinski definition) is 4. The van der Waals surface area contributed by atoms with Crippen molar-refractivity contribution in [2.75, 3.05) is 6.54 Å². The number of nitrogens with one attached hydrogen (secondary N) is 2. The molecule has 0 aromatic carbocycles. The van der Waals surface area contributed by atoms with Crippen LogP contribution in [0, 0.1) is 5.92 Å². The van der Waals surface area contributed by atoms with Crippen molar-refractivity contribution in [3.8, 4) is 0 Å². The summed E-state index contributed by atoms with van der Waals surface area (Å²) in [5.74, 6) is -1.31. The van der Waals surface area contributed by atoms with E-state index in [9.17, 15) is 9.59 Å². The molecule has 106 valence electrons. The molecule has 2 atom stereocenters. The molecule has 1 rings (SSSR count). The lowest BCUT2D eigenvalue weighted by Gasteiger charge is -2.15. The molecule has 1 aromatic heterocycles. The summed E-state index contributed by atoms with van der Waals surface area (Å²) in [6.45, 7) is 3.93. The predicted octanol–water partition coefficient (Wildman–Crippen LogP) is 2.00. The van der Waals surface area contributed by atoms with Gasteiger partial charge in [-0.1, -0.05) is 13.8 Å². The molecule has 1 aromatic rings. The van der Waals surface area contributed by atoms with Crippen molar-refractivity contribution in [3.63, 3.8) is 0 Å². The van der Waals surface area contributed by atoms with Crippen LogP contribution in [0.25, 0.3) is 0 Å². The van der Waals surface area contributed by atoms with E-state index < -0.39 is 11.9 Å². The predicted molar refractivity (Wildman–Crippen MR) is 73.1 cm³/mol. The second-order valence-electron chi connectivity index (χ2n) is 4.26. The first-order valence-electron chi connectivity index (χ1n) is 6.21. The van der Waals surface area contributed by atoms with E-state index in [4.69, 9.17) is 5.11 Å². The molecule has 6 nitrogen and oxygen atoms in total. The molecule has 19 heavy (non-hydrogen) atoms. The number of carbonyl (C=O) groups is 2. The largest absolute Gasteiger partial charge is 0.481 e. The van der Waals surface area contributed by atoms with Crippen LogP contribution in [0.4, 0.5) is 4.79 Å². The zero-order chi connectivity index (χ0) is 14.3. The summed E-state index contributed by atoms with van der Waals surface area (Å²) < 4.78 is 0. The maximum Gasteiger partial charge on any atom is 0.315 e. The summed E-state index contributed by atoms with van der Waals surface area (Å²) in [6.07, 6.45) is 2.88. The highest BCUT2D eigenvalue weighted by Gasteiger charge is 2.15. The Balaban J connectivity index is 2.32. The molecule has 0 bridgehead atoms. The Morgan fingerprint density at radius 1 is 1.53 bits per heavy atom. The molecule has 0 radical (unpaired) electrons. The number of aliphatic carboxylic acids is 1. The second kappa shape index (κ2) is 7.73. The van der Waals surface area contributed by atoms with Crippen molar-refractivity contribution in [3.05, 3.63) is 16.6 Å². The first-order valence-corrected chi connectivity index (χ1v) is 7.09. The number of urea groups is 1. The Bertz CT molecular complexity index is 408. The Morgan fingerprint density at radius 2 is 2.26 bits per heavy atom. The monoisotopic (exact) mass is 285 g/mol. The highest BCUT2D eigenvalue weighted by Crippen LogP contribution is 2.18. The topological polar surface area (TPSA) is 91.3 Å². The number of amides is 2. The maximum absolute atomic E-state index is 11.7. The molecular weight excluding hydrogens is 266 g/mol. The molecule has 0 spiro atoms. The van der Waals surface area contributed by atoms with Crippen molar-refractivity contribution >= 4 is 23.3 Å². The number of aromatic nitrogens is 1. The van der Waals surface area contributed by atoms with Crippen molar-refractivity contribution in [2.24, 2.45) is 5.92 Å². The van der Waals surface area contributed by atoms with E-state index in [2.05, 4.69) is 15.6 Å². The first kappa shape index (κ1) is 15.4. The van der Waals surface area contributed by atoms with Crippen LogP contribution in [0.3, 0.4) is 0 Å². The van der Waals surface area contributed by atoms with Gasteiger partial charge in [0.1, 0.15) is 5.01 Å². The average Bonchev–Trinajstić information content (AvgIpc) is 2.89. The summed E-state index contributed by atoms with van der Waals surface area (Å²) in [5.41, 5.74) is 0. The fourth-order valence-electron chi connectivity index (χ4n) is 1.48. The van der Waals surface area contributed by atoms with Crippen LogP contribution in [0.15, 0.2) is 11.6 Å². The Kier molecular flexibility index (Phi) is 6.27. The molecular formula is C12H19N3O3S.